The van der Waals surface area contributed by atoms with Crippen LogP contribution >= 0.6 is 23.1 Å². The van der Waals surface area contributed by atoms with Crippen molar-refractivity contribution in [3.05, 3.63) is 22.3 Å². The van der Waals surface area contributed by atoms with E-state index in [4.69, 9.17) is 29.5 Å². The number of oxime groups is 1. The number of hydrogen-bond acceptors (Lipinski definition) is 14. The number of thioether (sulfide) groups is 1. The number of carbonyl (C=O) groups excluding carboxylic acids is 4. The normalized spacial score (nSPS) is 19.7. The van der Waals surface area contributed by atoms with Gasteiger partial charge in [0.15, 0.2) is 10.8 Å². The van der Waals surface area contributed by atoms with E-state index in [1.807, 2.05) is 13.8 Å². The summed E-state index contributed by atoms with van der Waals surface area (Å²) >= 11 is 2.45. The fraction of sp³-hybridized carbons (Fsp3) is 0.565. The predicted molar refractivity (Wildman–Crippen MR) is 141 cm³/mol. The molecule has 214 valence electrons. The first kappa shape index (κ1) is 30.2. The molecule has 0 radical (unpaired) electrons. The second-order valence-electron chi connectivity index (χ2n) is 8.34. The topological polar surface area (TPSA) is 181 Å². The minimum Gasteiger partial charge on any atom is -0.431 e. The summed E-state index contributed by atoms with van der Waals surface area (Å²) < 4.78 is 20.7. The number of rotatable bonds is 12. The van der Waals surface area contributed by atoms with Crippen LogP contribution in [0.5, 0.6) is 0 Å². The first-order chi connectivity index (χ1) is 18.6. The van der Waals surface area contributed by atoms with Crippen molar-refractivity contribution in [3.8, 4) is 0 Å². The fourth-order valence-electron chi connectivity index (χ4n) is 3.84. The van der Waals surface area contributed by atoms with Gasteiger partial charge in [0.2, 0.25) is 6.29 Å². The summed E-state index contributed by atoms with van der Waals surface area (Å²) in [5.74, 6) is -1.80. The number of nitrogens with one attached hydrogen (secondary N) is 1. The van der Waals surface area contributed by atoms with Gasteiger partial charge in [-0.15, -0.1) is 23.1 Å². The molecule has 3 heterocycles. The summed E-state index contributed by atoms with van der Waals surface area (Å²) in [6.07, 6.45) is -1.35. The number of hydrogen-bond donors (Lipinski definition) is 2. The molecule has 1 aromatic heterocycles. The third-order valence-electron chi connectivity index (χ3n) is 5.72. The van der Waals surface area contributed by atoms with E-state index in [0.29, 0.717) is 24.2 Å². The molecule has 14 nitrogen and oxygen atoms in total. The van der Waals surface area contributed by atoms with E-state index in [9.17, 15) is 19.2 Å². The number of nitrogens with two attached hydrogens (primary N) is 1. The van der Waals surface area contributed by atoms with Crippen molar-refractivity contribution < 1.29 is 43.0 Å². The molecule has 3 rings (SSSR count). The molecule has 16 heteroatoms. The Morgan fingerprint density at radius 2 is 1.95 bits per heavy atom. The second kappa shape index (κ2) is 13.6. The van der Waals surface area contributed by atoms with E-state index in [2.05, 4.69) is 15.5 Å². The minimum atomic E-state index is -1.28. The lowest BCUT2D eigenvalue weighted by molar-refractivity contribution is -0.169. The van der Waals surface area contributed by atoms with Crippen LogP contribution in [0.3, 0.4) is 0 Å². The third-order valence-corrected chi connectivity index (χ3v) is 7.73. The summed E-state index contributed by atoms with van der Waals surface area (Å²) in [7, 11) is 2.72. The molecule has 2 amide bonds. The fourth-order valence-corrected chi connectivity index (χ4v) is 5.72. The highest BCUT2D eigenvalue weighted by Crippen LogP contribution is 2.41. The highest BCUT2D eigenvalue weighted by Gasteiger charge is 2.55. The molecule has 2 aliphatic heterocycles. The van der Waals surface area contributed by atoms with Crippen molar-refractivity contribution in [2.45, 2.75) is 57.4 Å². The van der Waals surface area contributed by atoms with E-state index in [0.717, 1.165) is 11.3 Å². The highest BCUT2D eigenvalue weighted by molar-refractivity contribution is 8.00. The lowest BCUT2D eigenvalue weighted by Crippen LogP contribution is -2.71. The number of amides is 2. The molecule has 2 unspecified atom stereocenters. The Kier molecular flexibility index (Phi) is 10.5. The number of thiazole rings is 1. The molecule has 1 fully saturated rings. The van der Waals surface area contributed by atoms with E-state index in [-0.39, 0.29) is 34.9 Å². The maximum absolute atomic E-state index is 13.2. The molecule has 3 atom stereocenters. The quantitative estimate of drug-likeness (QED) is 0.119. The third kappa shape index (κ3) is 6.99. The molecular weight excluding hydrogens is 554 g/mol. The summed E-state index contributed by atoms with van der Waals surface area (Å²) in [6.45, 7) is 5.16. The van der Waals surface area contributed by atoms with Gasteiger partial charge in [-0.1, -0.05) is 19.0 Å². The van der Waals surface area contributed by atoms with E-state index in [1.165, 1.54) is 43.2 Å². The van der Waals surface area contributed by atoms with Crippen LogP contribution in [0.25, 0.3) is 0 Å². The molecule has 0 saturated carbocycles. The molecule has 1 saturated heterocycles. The van der Waals surface area contributed by atoms with Gasteiger partial charge in [0.25, 0.3) is 11.8 Å². The van der Waals surface area contributed by atoms with Crippen LogP contribution in [0.15, 0.2) is 21.8 Å². The Morgan fingerprint density at radius 1 is 1.23 bits per heavy atom. The molecule has 0 aliphatic carbocycles. The van der Waals surface area contributed by atoms with Crippen LogP contribution in [0, 0.1) is 0 Å². The number of carbonyl (C=O) groups is 4. The standard InChI is InChI=1S/C23H31N5O9S2/c1-6-13(7-2)37-23(32)36-11(3)35-21(31)17-12(8-33-4)9-38-20-16(19(30)28(17)20)26-18(29)15(27-34-5)14-10-39-22(24)25-14/h10-11,13,16,20H,6-9H2,1-5H3,(H2,24,25)(H,26,29)/t11?,16?,20-/m0/s1. The van der Waals surface area contributed by atoms with Crippen molar-refractivity contribution >= 4 is 57.9 Å². The van der Waals surface area contributed by atoms with Gasteiger partial charge >= 0.3 is 12.1 Å². The first-order valence-corrected chi connectivity index (χ1v) is 13.9. The van der Waals surface area contributed by atoms with Gasteiger partial charge in [-0.25, -0.2) is 14.6 Å². The summed E-state index contributed by atoms with van der Waals surface area (Å²) in [6, 6.07) is -0.962. The van der Waals surface area contributed by atoms with Crippen LogP contribution < -0.4 is 11.1 Å². The monoisotopic (exact) mass is 585 g/mol. The molecule has 0 bridgehead atoms. The van der Waals surface area contributed by atoms with Gasteiger partial charge in [0.05, 0.1) is 6.61 Å². The van der Waals surface area contributed by atoms with Crippen molar-refractivity contribution in [3.63, 3.8) is 0 Å². The molecule has 1 aromatic rings. The average Bonchev–Trinajstić information content (AvgIpc) is 3.33. The number of β-lactam (4-membered cyclic amide) rings is 1. The maximum atomic E-state index is 13.2. The summed E-state index contributed by atoms with van der Waals surface area (Å²) in [5.41, 5.74) is 6.18. The van der Waals surface area contributed by atoms with Gasteiger partial charge < -0.3 is 34.8 Å². The van der Waals surface area contributed by atoms with Crippen LogP contribution in [0.4, 0.5) is 9.93 Å². The van der Waals surface area contributed by atoms with E-state index < -0.39 is 41.6 Å². The Morgan fingerprint density at radius 3 is 2.54 bits per heavy atom. The molecular formula is C23H31N5O9S2. The molecule has 39 heavy (non-hydrogen) atoms. The number of nitrogens with zero attached hydrogens (tertiary/aromatic N) is 3. The molecule has 3 N–H and O–H groups in total. The number of fused-ring (bicyclic) bond motifs is 1. The van der Waals surface area contributed by atoms with Crippen LogP contribution in [-0.2, 0) is 38.2 Å². The van der Waals surface area contributed by atoms with Gasteiger partial charge in [-0.3, -0.25) is 14.5 Å². The highest BCUT2D eigenvalue weighted by atomic mass is 32.2. The number of esters is 1. The van der Waals surface area contributed by atoms with Gasteiger partial charge in [-0.05, 0) is 18.4 Å². The summed E-state index contributed by atoms with van der Waals surface area (Å²) in [4.78, 5) is 61.3. The predicted octanol–water partition coefficient (Wildman–Crippen LogP) is 1.61. The average molecular weight is 586 g/mol. The maximum Gasteiger partial charge on any atom is 0.511 e. The Bertz CT molecular complexity index is 1150. The number of methoxy groups -OCH3 is 1. The van der Waals surface area contributed by atoms with Crippen LogP contribution in [0.1, 0.15) is 39.3 Å². The number of aromatic nitrogens is 1. The number of ether oxygens (including phenoxy) is 4. The molecule has 0 aromatic carbocycles. The zero-order valence-corrected chi connectivity index (χ0v) is 23.8. The molecule has 0 spiro atoms. The van der Waals surface area contributed by atoms with Gasteiger partial charge in [0.1, 0.15) is 36.0 Å². The second-order valence-corrected chi connectivity index (χ2v) is 10.3. The van der Waals surface area contributed by atoms with Crippen LogP contribution in [0.2, 0.25) is 0 Å². The first-order valence-electron chi connectivity index (χ1n) is 12.0. The summed E-state index contributed by atoms with van der Waals surface area (Å²) in [5, 5.41) is 7.52. The lowest BCUT2D eigenvalue weighted by atomic mass is 10.0. The molecule has 2 aliphatic rings. The lowest BCUT2D eigenvalue weighted by Gasteiger charge is -2.49. The Labute approximate surface area is 233 Å². The SMILES string of the molecule is CCC(CC)OC(=O)OC(C)OC(=O)C1=C(COC)CS[C@H]2C(NC(=O)C(=NOC)c3csc(N)n3)C(=O)N12. The van der Waals surface area contributed by atoms with E-state index in [1.54, 1.807) is 0 Å². The smallest absolute Gasteiger partial charge is 0.431 e. The Hall–Kier alpha value is -3.37. The van der Waals surface area contributed by atoms with Crippen molar-refractivity contribution in [1.82, 2.24) is 15.2 Å². The van der Waals surface area contributed by atoms with Crippen molar-refractivity contribution in [2.75, 3.05) is 32.3 Å². The number of anilines is 1. The van der Waals surface area contributed by atoms with Gasteiger partial charge in [0, 0.05) is 25.2 Å². The number of nitrogen functional groups attached to an aromatic ring is 1. The van der Waals surface area contributed by atoms with Crippen molar-refractivity contribution in [2.24, 2.45) is 5.16 Å². The van der Waals surface area contributed by atoms with Gasteiger partial charge in [-0.2, -0.15) is 0 Å². The van der Waals surface area contributed by atoms with Crippen molar-refractivity contribution in [1.29, 1.82) is 0 Å². The largest absolute Gasteiger partial charge is 0.511 e. The zero-order valence-electron chi connectivity index (χ0n) is 22.1. The van der Waals surface area contributed by atoms with Crippen LogP contribution in [-0.4, -0.2) is 89.9 Å². The zero-order chi connectivity index (χ0) is 28.7. The Balaban J connectivity index is 1.71. The van der Waals surface area contributed by atoms with E-state index >= 15 is 0 Å². The minimum absolute atomic E-state index is 0.0297.